The predicted octanol–water partition coefficient (Wildman–Crippen LogP) is 12.9. The normalized spacial score (nSPS) is 20.4. The van der Waals surface area contributed by atoms with Gasteiger partial charge in [0.1, 0.15) is 24.4 Å². The van der Waals surface area contributed by atoms with E-state index in [4.69, 9.17) is 9.47 Å². The molecule has 1 fully saturated rings. The number of aliphatic hydroxyl groups excluding tert-OH is 5. The smallest absolute Gasteiger partial charge is 0.220 e. The van der Waals surface area contributed by atoms with Crippen molar-refractivity contribution in [3.63, 3.8) is 0 Å². The lowest BCUT2D eigenvalue weighted by Gasteiger charge is -2.40. The van der Waals surface area contributed by atoms with Crippen molar-refractivity contribution < 1.29 is 39.8 Å². The number of allylic oxidation sites excluding steroid dienone is 11. The largest absolute Gasteiger partial charge is 0.394 e. The van der Waals surface area contributed by atoms with Gasteiger partial charge in [-0.25, -0.2) is 0 Å². The molecule has 0 saturated carbocycles. The van der Waals surface area contributed by atoms with Crippen LogP contribution in [-0.4, -0.2) is 87.5 Å². The highest BCUT2D eigenvalue weighted by Crippen LogP contribution is 2.23. The number of carbonyl (C=O) groups is 1. The van der Waals surface area contributed by atoms with E-state index in [2.05, 4.69) is 79.9 Å². The molecule has 0 bridgehead atoms. The van der Waals surface area contributed by atoms with Gasteiger partial charge in [0.2, 0.25) is 5.91 Å². The summed E-state index contributed by atoms with van der Waals surface area (Å²) in [5, 5.41) is 54.3. The van der Waals surface area contributed by atoms with Crippen LogP contribution in [0.5, 0.6) is 0 Å². The zero-order valence-corrected chi connectivity index (χ0v) is 42.2. The van der Waals surface area contributed by atoms with Gasteiger partial charge in [-0.15, -0.1) is 0 Å². The van der Waals surface area contributed by atoms with Gasteiger partial charge in [0.15, 0.2) is 6.29 Å². The van der Waals surface area contributed by atoms with Crippen molar-refractivity contribution in [2.75, 3.05) is 13.2 Å². The van der Waals surface area contributed by atoms with Crippen molar-refractivity contribution >= 4 is 5.91 Å². The van der Waals surface area contributed by atoms with E-state index in [-0.39, 0.29) is 18.9 Å². The molecule has 0 radical (unpaired) electrons. The van der Waals surface area contributed by atoms with Crippen LogP contribution in [0.25, 0.3) is 0 Å². The zero-order chi connectivity index (χ0) is 48.0. The lowest BCUT2D eigenvalue weighted by Crippen LogP contribution is -2.60. The van der Waals surface area contributed by atoms with Crippen molar-refractivity contribution in [1.29, 1.82) is 0 Å². The number of hydrogen-bond donors (Lipinski definition) is 6. The zero-order valence-electron chi connectivity index (χ0n) is 42.2. The van der Waals surface area contributed by atoms with Crippen molar-refractivity contribution in [2.24, 2.45) is 0 Å². The summed E-state index contributed by atoms with van der Waals surface area (Å²) in [4.78, 5) is 13.0. The standard InChI is InChI=1S/C57H101NO8/c1-3-5-7-9-11-13-15-17-19-20-21-22-23-24-25-26-27-28-29-30-31-33-34-36-38-40-42-44-46-51(60)50(49-65-57-56(64)55(63)54(62)52(48-59)66-57)58-53(61)47-45-43-41-39-37-35-32-18-16-14-12-10-8-6-4-2/h6,8,12,14,18,32,36-39,44,46,50-52,54-57,59-60,62-64H,3-5,7,9-11,13,15-17,19-31,33-35,40-43,45,47-49H2,1-2H3,(H,58,61)/b8-6-,14-12-,32-18-,38-36+,39-37-,46-44+. The molecule has 1 heterocycles. The maximum atomic E-state index is 13.0. The second kappa shape index (κ2) is 46.4. The van der Waals surface area contributed by atoms with Crippen molar-refractivity contribution in [1.82, 2.24) is 5.32 Å². The van der Waals surface area contributed by atoms with E-state index < -0.39 is 49.5 Å². The van der Waals surface area contributed by atoms with E-state index in [0.29, 0.717) is 6.42 Å². The fourth-order valence-corrected chi connectivity index (χ4v) is 8.22. The number of ether oxygens (including phenoxy) is 2. The summed E-state index contributed by atoms with van der Waals surface area (Å²) in [5.74, 6) is -0.228. The molecule has 0 aromatic carbocycles. The molecule has 66 heavy (non-hydrogen) atoms. The molecular formula is C57H101NO8. The third kappa shape index (κ3) is 35.7. The minimum absolute atomic E-state index is 0.221. The first-order chi connectivity index (χ1) is 32.3. The van der Waals surface area contributed by atoms with Crippen molar-refractivity contribution in [3.8, 4) is 0 Å². The van der Waals surface area contributed by atoms with Crippen LogP contribution >= 0.6 is 0 Å². The van der Waals surface area contributed by atoms with E-state index in [9.17, 15) is 30.3 Å². The molecule has 0 aromatic heterocycles. The SMILES string of the molecule is CC/C=C\C/C=C\C/C=C\C/C=C\CCCCC(=O)NC(COC1OC(CO)C(O)C(O)C1O)C(O)/C=C/CC/C=C/CCCCCCCCCCCCCCCCCCCCCCCC. The van der Waals surface area contributed by atoms with Crippen LogP contribution in [0.3, 0.4) is 0 Å². The Morgan fingerprint density at radius 2 is 0.955 bits per heavy atom. The van der Waals surface area contributed by atoms with Gasteiger partial charge in [-0.05, 0) is 70.6 Å². The minimum Gasteiger partial charge on any atom is -0.394 e. The molecule has 9 heteroatoms. The van der Waals surface area contributed by atoms with Crippen LogP contribution in [0.1, 0.15) is 226 Å². The van der Waals surface area contributed by atoms with Crippen LogP contribution < -0.4 is 5.32 Å². The summed E-state index contributed by atoms with van der Waals surface area (Å²) in [5.41, 5.74) is 0. The summed E-state index contributed by atoms with van der Waals surface area (Å²) in [6.07, 6.45) is 57.0. The third-order valence-electron chi connectivity index (χ3n) is 12.5. The number of amides is 1. The highest BCUT2D eigenvalue weighted by molar-refractivity contribution is 5.76. The Kier molecular flexibility index (Phi) is 43.3. The fraction of sp³-hybridized carbons (Fsp3) is 0.772. The third-order valence-corrected chi connectivity index (χ3v) is 12.5. The number of nitrogens with one attached hydrogen (secondary N) is 1. The lowest BCUT2D eigenvalue weighted by atomic mass is 9.99. The number of aliphatic hydroxyl groups is 5. The van der Waals surface area contributed by atoms with Crippen LogP contribution in [0, 0.1) is 0 Å². The van der Waals surface area contributed by atoms with E-state index in [1.165, 1.54) is 141 Å². The van der Waals surface area contributed by atoms with Gasteiger partial charge in [-0.2, -0.15) is 0 Å². The number of unbranched alkanes of at least 4 members (excludes halogenated alkanes) is 25. The Labute approximate surface area is 404 Å². The maximum absolute atomic E-state index is 13.0. The summed E-state index contributed by atoms with van der Waals surface area (Å²) < 4.78 is 11.2. The van der Waals surface area contributed by atoms with Gasteiger partial charge in [-0.3, -0.25) is 4.79 Å². The average Bonchev–Trinajstić information content (AvgIpc) is 3.32. The molecule has 0 aromatic rings. The van der Waals surface area contributed by atoms with Crippen LogP contribution in [0.2, 0.25) is 0 Å². The van der Waals surface area contributed by atoms with Gasteiger partial charge in [0, 0.05) is 6.42 Å². The first-order valence-electron chi connectivity index (χ1n) is 27.2. The predicted molar refractivity (Wildman–Crippen MR) is 276 cm³/mol. The summed E-state index contributed by atoms with van der Waals surface area (Å²) in [7, 11) is 0. The summed E-state index contributed by atoms with van der Waals surface area (Å²) in [6.45, 7) is 3.62. The quantitative estimate of drug-likeness (QED) is 0.0261. The van der Waals surface area contributed by atoms with Gasteiger partial charge < -0.3 is 40.3 Å². The minimum atomic E-state index is -1.58. The lowest BCUT2D eigenvalue weighted by molar-refractivity contribution is -0.302. The van der Waals surface area contributed by atoms with Gasteiger partial charge >= 0.3 is 0 Å². The Balaban J connectivity index is 2.27. The second-order valence-corrected chi connectivity index (χ2v) is 18.6. The first kappa shape index (κ1) is 61.6. The Morgan fingerprint density at radius 3 is 1.45 bits per heavy atom. The molecule has 1 amide bonds. The number of carbonyl (C=O) groups excluding carboxylic acids is 1. The van der Waals surface area contributed by atoms with Gasteiger partial charge in [0.05, 0.1) is 25.4 Å². The monoisotopic (exact) mass is 928 g/mol. The molecule has 1 saturated heterocycles. The topological polar surface area (TPSA) is 149 Å². The van der Waals surface area contributed by atoms with Gasteiger partial charge in [-0.1, -0.05) is 222 Å². The molecule has 6 N–H and O–H groups in total. The van der Waals surface area contributed by atoms with Crippen LogP contribution in [0.4, 0.5) is 0 Å². The second-order valence-electron chi connectivity index (χ2n) is 18.6. The highest BCUT2D eigenvalue weighted by atomic mass is 16.7. The van der Waals surface area contributed by atoms with Crippen LogP contribution in [0.15, 0.2) is 72.9 Å². The molecule has 1 aliphatic rings. The molecule has 382 valence electrons. The van der Waals surface area contributed by atoms with Crippen molar-refractivity contribution in [2.45, 2.75) is 269 Å². The van der Waals surface area contributed by atoms with Crippen LogP contribution in [-0.2, 0) is 14.3 Å². The summed E-state index contributed by atoms with van der Waals surface area (Å²) >= 11 is 0. The molecule has 0 aliphatic carbocycles. The van der Waals surface area contributed by atoms with E-state index in [1.54, 1.807) is 6.08 Å². The molecule has 7 atom stereocenters. The Bertz CT molecular complexity index is 1260. The molecule has 1 aliphatic heterocycles. The van der Waals surface area contributed by atoms with E-state index in [1.807, 2.05) is 6.08 Å². The Morgan fingerprint density at radius 1 is 0.530 bits per heavy atom. The summed E-state index contributed by atoms with van der Waals surface area (Å²) in [6, 6.07) is -0.847. The van der Waals surface area contributed by atoms with Gasteiger partial charge in [0.25, 0.3) is 0 Å². The first-order valence-corrected chi connectivity index (χ1v) is 27.2. The average molecular weight is 928 g/mol. The molecule has 1 rings (SSSR count). The highest BCUT2D eigenvalue weighted by Gasteiger charge is 2.44. The van der Waals surface area contributed by atoms with E-state index >= 15 is 0 Å². The fourth-order valence-electron chi connectivity index (χ4n) is 8.22. The Hall–Kier alpha value is -2.37. The number of rotatable bonds is 45. The molecular weight excluding hydrogens is 827 g/mol. The molecule has 9 nitrogen and oxygen atoms in total. The molecule has 7 unspecified atom stereocenters. The maximum Gasteiger partial charge on any atom is 0.220 e. The number of hydrogen-bond acceptors (Lipinski definition) is 8. The van der Waals surface area contributed by atoms with E-state index in [0.717, 1.165) is 57.8 Å². The van der Waals surface area contributed by atoms with Crippen molar-refractivity contribution in [3.05, 3.63) is 72.9 Å². The molecule has 0 spiro atoms.